The normalized spacial score (nSPS) is 14.5. The van der Waals surface area contributed by atoms with Gasteiger partial charge >= 0.3 is 0 Å². The van der Waals surface area contributed by atoms with E-state index in [9.17, 15) is 10.2 Å². The summed E-state index contributed by atoms with van der Waals surface area (Å²) in [4.78, 5) is 2.48. The first-order chi connectivity index (χ1) is 14.7. The van der Waals surface area contributed by atoms with Gasteiger partial charge in [-0.2, -0.15) is 0 Å². The van der Waals surface area contributed by atoms with Crippen molar-refractivity contribution in [2.75, 3.05) is 26.2 Å². The molecule has 0 radical (unpaired) electrons. The van der Waals surface area contributed by atoms with Gasteiger partial charge in [-0.15, -0.1) is 0 Å². The first kappa shape index (κ1) is 20.3. The SMILES string of the molecule is Oc1ccc(-c2cc(O)ccc2Cc2ccc(OCCN3CCCCC3)cc2)cc1. The third kappa shape index (κ3) is 5.33. The highest BCUT2D eigenvalue weighted by molar-refractivity contribution is 5.70. The van der Waals surface area contributed by atoms with Gasteiger partial charge in [-0.05, 0) is 91.0 Å². The smallest absolute Gasteiger partial charge is 0.119 e. The zero-order valence-corrected chi connectivity index (χ0v) is 17.3. The molecule has 4 rings (SSSR count). The lowest BCUT2D eigenvalue weighted by molar-refractivity contribution is 0.183. The van der Waals surface area contributed by atoms with Gasteiger partial charge in [-0.25, -0.2) is 0 Å². The number of piperidine rings is 1. The minimum Gasteiger partial charge on any atom is -0.508 e. The van der Waals surface area contributed by atoms with E-state index in [4.69, 9.17) is 4.74 Å². The zero-order chi connectivity index (χ0) is 20.8. The van der Waals surface area contributed by atoms with Crippen molar-refractivity contribution in [2.45, 2.75) is 25.7 Å². The van der Waals surface area contributed by atoms with E-state index in [1.54, 1.807) is 24.3 Å². The van der Waals surface area contributed by atoms with Gasteiger partial charge in [0.25, 0.3) is 0 Å². The van der Waals surface area contributed by atoms with E-state index in [0.29, 0.717) is 0 Å². The number of nitrogens with zero attached hydrogens (tertiary/aromatic N) is 1. The molecular formula is C26H29NO3. The molecule has 0 unspecified atom stereocenters. The molecule has 0 bridgehead atoms. The Morgan fingerprint density at radius 1 is 0.767 bits per heavy atom. The molecule has 1 fully saturated rings. The van der Waals surface area contributed by atoms with Crippen LogP contribution in [0.25, 0.3) is 11.1 Å². The lowest BCUT2D eigenvalue weighted by Gasteiger charge is -2.26. The first-order valence-corrected chi connectivity index (χ1v) is 10.7. The minimum atomic E-state index is 0.233. The second-order valence-corrected chi connectivity index (χ2v) is 7.96. The van der Waals surface area contributed by atoms with Crippen molar-refractivity contribution in [1.82, 2.24) is 4.90 Å². The molecule has 1 aliphatic rings. The van der Waals surface area contributed by atoms with Crippen molar-refractivity contribution in [3.63, 3.8) is 0 Å². The number of aromatic hydroxyl groups is 2. The van der Waals surface area contributed by atoms with Crippen LogP contribution in [0.1, 0.15) is 30.4 Å². The first-order valence-electron chi connectivity index (χ1n) is 10.7. The molecule has 0 atom stereocenters. The summed E-state index contributed by atoms with van der Waals surface area (Å²) in [6.07, 6.45) is 4.72. The Kier molecular flexibility index (Phi) is 6.55. The Morgan fingerprint density at radius 2 is 1.47 bits per heavy atom. The molecule has 0 amide bonds. The fourth-order valence-electron chi connectivity index (χ4n) is 4.03. The topological polar surface area (TPSA) is 52.9 Å². The van der Waals surface area contributed by atoms with Gasteiger partial charge in [0, 0.05) is 6.54 Å². The maximum absolute atomic E-state index is 9.96. The molecule has 3 aromatic rings. The fraction of sp³-hybridized carbons (Fsp3) is 0.308. The molecule has 4 heteroatoms. The third-order valence-electron chi connectivity index (χ3n) is 5.71. The average Bonchev–Trinajstić information content (AvgIpc) is 2.77. The summed E-state index contributed by atoms with van der Waals surface area (Å²) in [5.74, 6) is 1.37. The van der Waals surface area contributed by atoms with E-state index in [2.05, 4.69) is 17.0 Å². The molecule has 4 nitrogen and oxygen atoms in total. The number of phenolic OH excluding ortho intramolecular Hbond substituents is 2. The van der Waals surface area contributed by atoms with Gasteiger partial charge < -0.3 is 14.9 Å². The maximum Gasteiger partial charge on any atom is 0.119 e. The lowest BCUT2D eigenvalue weighted by Crippen LogP contribution is -2.33. The third-order valence-corrected chi connectivity index (χ3v) is 5.71. The van der Waals surface area contributed by atoms with Crippen LogP contribution in [0, 0.1) is 0 Å². The molecule has 0 saturated carbocycles. The van der Waals surface area contributed by atoms with Gasteiger partial charge in [-0.3, -0.25) is 4.90 Å². The fourth-order valence-corrected chi connectivity index (χ4v) is 4.03. The Balaban J connectivity index is 1.40. The van der Waals surface area contributed by atoms with Crippen LogP contribution in [0.5, 0.6) is 17.2 Å². The maximum atomic E-state index is 9.96. The number of ether oxygens (including phenoxy) is 1. The van der Waals surface area contributed by atoms with E-state index >= 15 is 0 Å². The molecule has 0 aliphatic carbocycles. The Hall–Kier alpha value is -2.98. The van der Waals surface area contributed by atoms with Gasteiger partial charge in [0.2, 0.25) is 0 Å². The van der Waals surface area contributed by atoms with Crippen LogP contribution in [-0.2, 0) is 6.42 Å². The second kappa shape index (κ2) is 9.68. The second-order valence-electron chi connectivity index (χ2n) is 7.96. The van der Waals surface area contributed by atoms with Crippen LogP contribution in [-0.4, -0.2) is 41.4 Å². The van der Waals surface area contributed by atoms with Gasteiger partial charge in [-0.1, -0.05) is 36.8 Å². The predicted octanol–water partition coefficient (Wildman–Crippen LogP) is 5.22. The molecule has 156 valence electrons. The summed E-state index contributed by atoms with van der Waals surface area (Å²) < 4.78 is 5.94. The minimum absolute atomic E-state index is 0.233. The highest BCUT2D eigenvalue weighted by atomic mass is 16.5. The monoisotopic (exact) mass is 403 g/mol. The highest BCUT2D eigenvalue weighted by Gasteiger charge is 2.10. The van der Waals surface area contributed by atoms with Crippen molar-refractivity contribution in [2.24, 2.45) is 0 Å². The molecule has 2 N–H and O–H groups in total. The lowest BCUT2D eigenvalue weighted by atomic mass is 9.94. The predicted molar refractivity (Wildman–Crippen MR) is 120 cm³/mol. The number of likely N-dealkylation sites (tertiary alicyclic amines) is 1. The van der Waals surface area contributed by atoms with Crippen molar-refractivity contribution in [3.05, 3.63) is 77.9 Å². The van der Waals surface area contributed by atoms with Crippen LogP contribution in [0.15, 0.2) is 66.7 Å². The molecule has 1 aliphatic heterocycles. The van der Waals surface area contributed by atoms with Gasteiger partial charge in [0.05, 0.1) is 0 Å². The van der Waals surface area contributed by atoms with Crippen LogP contribution >= 0.6 is 0 Å². The molecule has 1 heterocycles. The summed E-state index contributed by atoms with van der Waals surface area (Å²) in [5.41, 5.74) is 4.24. The van der Waals surface area contributed by atoms with E-state index in [1.165, 1.54) is 37.9 Å². The summed E-state index contributed by atoms with van der Waals surface area (Å²) >= 11 is 0. The quantitative estimate of drug-likeness (QED) is 0.568. The van der Waals surface area contributed by atoms with E-state index in [-0.39, 0.29) is 11.5 Å². The molecule has 0 aromatic heterocycles. The number of hydrogen-bond acceptors (Lipinski definition) is 4. The number of rotatable bonds is 7. The van der Waals surface area contributed by atoms with Crippen LogP contribution in [0.3, 0.4) is 0 Å². The highest BCUT2D eigenvalue weighted by Crippen LogP contribution is 2.30. The van der Waals surface area contributed by atoms with Crippen molar-refractivity contribution >= 4 is 0 Å². The zero-order valence-electron chi connectivity index (χ0n) is 17.3. The van der Waals surface area contributed by atoms with Crippen LogP contribution in [0.2, 0.25) is 0 Å². The summed E-state index contributed by atoms with van der Waals surface area (Å²) in [5, 5.41) is 19.5. The van der Waals surface area contributed by atoms with Crippen molar-refractivity contribution in [1.29, 1.82) is 0 Å². The Morgan fingerprint density at radius 3 is 2.20 bits per heavy atom. The molecular weight excluding hydrogens is 374 g/mol. The van der Waals surface area contributed by atoms with Crippen LogP contribution < -0.4 is 4.74 Å². The van der Waals surface area contributed by atoms with Crippen molar-refractivity contribution < 1.29 is 14.9 Å². The Bertz CT molecular complexity index is 945. The van der Waals surface area contributed by atoms with Crippen LogP contribution in [0.4, 0.5) is 0 Å². The number of phenols is 2. The summed E-state index contributed by atoms with van der Waals surface area (Å²) in [6.45, 7) is 4.10. The van der Waals surface area contributed by atoms with Crippen molar-refractivity contribution in [3.8, 4) is 28.4 Å². The number of hydrogen-bond donors (Lipinski definition) is 2. The molecule has 1 saturated heterocycles. The van der Waals surface area contributed by atoms with E-state index in [1.807, 2.05) is 30.3 Å². The van der Waals surface area contributed by atoms with Gasteiger partial charge in [0.1, 0.15) is 23.9 Å². The molecule has 3 aromatic carbocycles. The summed E-state index contributed by atoms with van der Waals surface area (Å²) in [6, 6.07) is 20.8. The molecule has 0 spiro atoms. The van der Waals surface area contributed by atoms with E-state index in [0.717, 1.165) is 42.0 Å². The van der Waals surface area contributed by atoms with E-state index < -0.39 is 0 Å². The largest absolute Gasteiger partial charge is 0.508 e. The van der Waals surface area contributed by atoms with Gasteiger partial charge in [0.15, 0.2) is 0 Å². The number of benzene rings is 3. The Labute approximate surface area is 178 Å². The summed E-state index contributed by atoms with van der Waals surface area (Å²) in [7, 11) is 0. The molecule has 30 heavy (non-hydrogen) atoms. The average molecular weight is 404 g/mol. The standard InChI is InChI=1S/C26H29NO3/c28-23-9-6-21(7-10-23)26-19-24(29)11-8-22(26)18-20-4-12-25(13-5-20)30-17-16-27-14-2-1-3-15-27/h4-13,19,28-29H,1-3,14-18H2.